The first kappa shape index (κ1) is 19.9. The topological polar surface area (TPSA) is 68.5 Å². The summed E-state index contributed by atoms with van der Waals surface area (Å²) < 4.78 is 12.4. The molecule has 5 heteroatoms. The highest BCUT2D eigenvalue weighted by Crippen LogP contribution is 2.45. The second-order valence-electron chi connectivity index (χ2n) is 9.02. The van der Waals surface area contributed by atoms with Gasteiger partial charge in [0, 0.05) is 16.6 Å². The Labute approximate surface area is 181 Å². The van der Waals surface area contributed by atoms with Crippen LogP contribution < -0.4 is 10.1 Å². The Balaban J connectivity index is 1.54. The number of aryl methyl sites for hydroxylation is 2. The van der Waals surface area contributed by atoms with Gasteiger partial charge in [0.1, 0.15) is 16.9 Å². The molecular formula is C26H27NO4. The molecule has 2 heterocycles. The van der Waals surface area contributed by atoms with E-state index in [2.05, 4.69) is 5.32 Å². The van der Waals surface area contributed by atoms with Gasteiger partial charge in [0.2, 0.25) is 0 Å². The van der Waals surface area contributed by atoms with Gasteiger partial charge < -0.3 is 14.5 Å². The number of fused-ring (bicyclic) bond motifs is 3. The van der Waals surface area contributed by atoms with Gasteiger partial charge >= 0.3 is 0 Å². The number of hydrogen-bond acceptors (Lipinski definition) is 4. The Bertz CT molecular complexity index is 1210. The average Bonchev–Trinajstić information content (AvgIpc) is 3.08. The Hall–Kier alpha value is -3.08. The molecule has 1 fully saturated rings. The third kappa shape index (κ3) is 3.23. The lowest BCUT2D eigenvalue weighted by Gasteiger charge is -2.40. The molecule has 1 aromatic heterocycles. The zero-order chi connectivity index (χ0) is 21.8. The van der Waals surface area contributed by atoms with E-state index in [4.69, 9.17) is 9.15 Å². The van der Waals surface area contributed by atoms with Crippen molar-refractivity contribution >= 4 is 28.3 Å². The molecule has 2 aliphatic rings. The van der Waals surface area contributed by atoms with Gasteiger partial charge in [-0.25, -0.2) is 0 Å². The minimum atomic E-state index is -0.365. The number of benzene rings is 2. The standard InChI is InChI=1S/C26H27NO4/c1-15-8-7-9-18(16(15)2)27-25(29)24-17(3)22-20(30-24)10-11-21-23(22)19(28)14-26(31-21)12-5-4-6-13-26/h7-11H,4-6,12-14H2,1-3H3,(H,27,29). The number of hydrogen-bond donors (Lipinski definition) is 1. The van der Waals surface area contributed by atoms with Crippen molar-refractivity contribution in [2.24, 2.45) is 0 Å². The van der Waals surface area contributed by atoms with Gasteiger partial charge in [0.15, 0.2) is 11.5 Å². The maximum atomic E-state index is 13.3. The van der Waals surface area contributed by atoms with Gasteiger partial charge in [0.25, 0.3) is 5.91 Å². The predicted molar refractivity (Wildman–Crippen MR) is 120 cm³/mol. The highest BCUT2D eigenvalue weighted by atomic mass is 16.5. The number of furan rings is 1. The van der Waals surface area contributed by atoms with E-state index in [1.165, 1.54) is 6.42 Å². The fraction of sp³-hybridized carbons (Fsp3) is 0.385. The first-order chi connectivity index (χ1) is 14.9. The molecule has 1 amide bonds. The minimum Gasteiger partial charge on any atom is -0.486 e. The molecule has 160 valence electrons. The minimum absolute atomic E-state index is 0.0825. The smallest absolute Gasteiger partial charge is 0.291 e. The summed E-state index contributed by atoms with van der Waals surface area (Å²) in [4.78, 5) is 26.3. The lowest BCUT2D eigenvalue weighted by atomic mass is 9.78. The summed E-state index contributed by atoms with van der Waals surface area (Å²) in [5.74, 6) is 0.620. The predicted octanol–water partition coefficient (Wildman–Crippen LogP) is 6.28. The molecule has 1 spiro atoms. The van der Waals surface area contributed by atoms with Gasteiger partial charge in [0.05, 0.1) is 12.0 Å². The zero-order valence-corrected chi connectivity index (χ0v) is 18.3. The molecule has 5 nitrogen and oxygen atoms in total. The maximum Gasteiger partial charge on any atom is 0.291 e. The summed E-state index contributed by atoms with van der Waals surface area (Å²) in [6.45, 7) is 5.82. The molecule has 1 saturated carbocycles. The first-order valence-electron chi connectivity index (χ1n) is 11.0. The van der Waals surface area contributed by atoms with E-state index in [9.17, 15) is 9.59 Å². The van der Waals surface area contributed by atoms with E-state index in [0.717, 1.165) is 42.5 Å². The lowest BCUT2D eigenvalue weighted by Crippen LogP contribution is -2.43. The lowest BCUT2D eigenvalue weighted by molar-refractivity contribution is 0.0139. The van der Waals surface area contributed by atoms with Crippen molar-refractivity contribution in [2.75, 3.05) is 5.32 Å². The van der Waals surface area contributed by atoms with Crippen molar-refractivity contribution < 1.29 is 18.7 Å². The maximum absolute atomic E-state index is 13.3. The Kier molecular flexibility index (Phi) is 4.65. The summed E-state index contributed by atoms with van der Waals surface area (Å²) in [6, 6.07) is 9.43. The Morgan fingerprint density at radius 3 is 2.55 bits per heavy atom. The molecule has 1 aliphatic carbocycles. The van der Waals surface area contributed by atoms with Crippen LogP contribution in [0.2, 0.25) is 0 Å². The molecular weight excluding hydrogens is 390 g/mol. The molecule has 0 atom stereocenters. The molecule has 1 N–H and O–H groups in total. The van der Waals surface area contributed by atoms with Gasteiger partial charge in [-0.1, -0.05) is 18.6 Å². The van der Waals surface area contributed by atoms with Gasteiger partial charge in [-0.3, -0.25) is 9.59 Å². The van der Waals surface area contributed by atoms with E-state index < -0.39 is 0 Å². The van der Waals surface area contributed by atoms with Crippen LogP contribution in [0, 0.1) is 20.8 Å². The van der Waals surface area contributed by atoms with Gasteiger partial charge in [-0.05, 0) is 75.8 Å². The number of nitrogens with one attached hydrogen (secondary N) is 1. The van der Waals surface area contributed by atoms with E-state index >= 15 is 0 Å². The van der Waals surface area contributed by atoms with Crippen molar-refractivity contribution in [3.8, 4) is 5.75 Å². The average molecular weight is 418 g/mol. The number of ether oxygens (including phenoxy) is 1. The molecule has 5 rings (SSSR count). The fourth-order valence-electron chi connectivity index (χ4n) is 5.09. The highest BCUT2D eigenvalue weighted by Gasteiger charge is 2.42. The Morgan fingerprint density at radius 2 is 1.77 bits per heavy atom. The molecule has 0 bridgehead atoms. The Morgan fingerprint density at radius 1 is 1.00 bits per heavy atom. The summed E-state index contributed by atoms with van der Waals surface area (Å²) in [5, 5.41) is 3.65. The first-order valence-corrected chi connectivity index (χ1v) is 11.0. The summed E-state index contributed by atoms with van der Waals surface area (Å²) >= 11 is 0. The van der Waals surface area contributed by atoms with Crippen LogP contribution >= 0.6 is 0 Å². The number of amides is 1. The van der Waals surface area contributed by atoms with E-state index in [0.29, 0.717) is 34.3 Å². The number of anilines is 1. The van der Waals surface area contributed by atoms with Crippen molar-refractivity contribution in [2.45, 2.75) is 64.9 Å². The second kappa shape index (κ2) is 7.26. The molecule has 0 radical (unpaired) electrons. The zero-order valence-electron chi connectivity index (χ0n) is 18.3. The van der Waals surface area contributed by atoms with Crippen LogP contribution in [-0.2, 0) is 0 Å². The van der Waals surface area contributed by atoms with Crippen LogP contribution in [0.15, 0.2) is 34.7 Å². The van der Waals surface area contributed by atoms with Crippen LogP contribution in [0.3, 0.4) is 0 Å². The molecule has 2 aromatic carbocycles. The van der Waals surface area contributed by atoms with Crippen LogP contribution in [-0.4, -0.2) is 17.3 Å². The van der Waals surface area contributed by atoms with Crippen LogP contribution in [0.5, 0.6) is 5.75 Å². The normalized spacial score (nSPS) is 17.5. The highest BCUT2D eigenvalue weighted by molar-refractivity contribution is 6.15. The number of Topliss-reactive ketones (excluding diaryl/α,β-unsaturated/α-hetero) is 1. The third-order valence-corrected chi connectivity index (χ3v) is 6.97. The molecule has 0 saturated heterocycles. The molecule has 0 unspecified atom stereocenters. The van der Waals surface area contributed by atoms with Crippen molar-refractivity contribution in [1.82, 2.24) is 0 Å². The van der Waals surface area contributed by atoms with Crippen molar-refractivity contribution in [1.29, 1.82) is 0 Å². The summed E-state index contributed by atoms with van der Waals surface area (Å²) in [6.07, 6.45) is 5.63. The molecule has 1 aliphatic heterocycles. The number of rotatable bonds is 2. The van der Waals surface area contributed by atoms with Crippen molar-refractivity contribution in [3.63, 3.8) is 0 Å². The number of carbonyl (C=O) groups is 2. The van der Waals surface area contributed by atoms with Crippen LogP contribution in [0.4, 0.5) is 5.69 Å². The molecule has 3 aromatic rings. The van der Waals surface area contributed by atoms with E-state index in [1.54, 1.807) is 0 Å². The second-order valence-corrected chi connectivity index (χ2v) is 9.02. The number of ketones is 1. The van der Waals surface area contributed by atoms with Gasteiger partial charge in [-0.2, -0.15) is 0 Å². The summed E-state index contributed by atoms with van der Waals surface area (Å²) in [5.41, 5.74) is 4.28. The summed E-state index contributed by atoms with van der Waals surface area (Å²) in [7, 11) is 0. The monoisotopic (exact) mass is 417 g/mol. The number of carbonyl (C=O) groups excluding carboxylic acids is 2. The largest absolute Gasteiger partial charge is 0.486 e. The third-order valence-electron chi connectivity index (χ3n) is 6.97. The van der Waals surface area contributed by atoms with Crippen LogP contribution in [0.25, 0.3) is 11.0 Å². The molecule has 31 heavy (non-hydrogen) atoms. The van der Waals surface area contributed by atoms with E-state index in [-0.39, 0.29) is 23.1 Å². The fourth-order valence-corrected chi connectivity index (χ4v) is 5.09. The van der Waals surface area contributed by atoms with Crippen molar-refractivity contribution in [3.05, 3.63) is 58.3 Å². The van der Waals surface area contributed by atoms with Crippen LogP contribution in [0.1, 0.15) is 76.1 Å². The SMILES string of the molecule is Cc1cccc(NC(=O)c2oc3ccc4c(c3c2C)C(=O)CC2(CCCCC2)O4)c1C. The van der Waals surface area contributed by atoms with E-state index in [1.807, 2.05) is 51.1 Å². The van der Waals surface area contributed by atoms with Gasteiger partial charge in [-0.15, -0.1) is 0 Å². The quantitative estimate of drug-likeness (QED) is 0.533.